The van der Waals surface area contributed by atoms with Crippen LogP contribution >= 0.6 is 0 Å². The summed E-state index contributed by atoms with van der Waals surface area (Å²) in [5, 5.41) is 0. The second-order valence-electron chi connectivity index (χ2n) is 26.6. The molecule has 0 aliphatic rings. The van der Waals surface area contributed by atoms with Gasteiger partial charge in [0, 0.05) is 10.8 Å². The van der Waals surface area contributed by atoms with Crippen LogP contribution in [0.4, 0.5) is 0 Å². The molecule has 0 atom stereocenters. The molecule has 0 saturated heterocycles. The molecular weight excluding hydrogens is 1510 g/mol. The van der Waals surface area contributed by atoms with E-state index in [0.717, 1.165) is 71.0 Å². The molecule has 12 aromatic rings. The Morgan fingerprint density at radius 2 is 0.512 bits per heavy atom. The highest BCUT2D eigenvalue weighted by Gasteiger charge is 2.25. The molecule has 0 aliphatic carbocycles. The first-order chi connectivity index (χ1) is 55.5. The molecule has 0 saturated carbocycles. The van der Waals surface area contributed by atoms with Gasteiger partial charge in [-0.25, -0.2) is 0 Å². The first-order valence-electron chi connectivity index (χ1n) is 39.5. The molecule has 0 radical (unpaired) electrons. The number of para-hydroxylation sites is 4. The lowest BCUT2D eigenvalue weighted by molar-refractivity contribution is 0.410. The van der Waals surface area contributed by atoms with Gasteiger partial charge in [0.2, 0.25) is 0 Å². The molecule has 0 spiro atoms. The Hall–Kier alpha value is -11.7. The fraction of sp³-hybridized carbons (Fsp3) is 0.333. The van der Waals surface area contributed by atoms with Gasteiger partial charge in [-0.15, -0.1) is 13.2 Å². The fourth-order valence-electron chi connectivity index (χ4n) is 10.8. The van der Waals surface area contributed by atoms with Crippen LogP contribution in [0.3, 0.4) is 0 Å². The number of hydrogen-bond donors (Lipinski definition) is 0. The van der Waals surface area contributed by atoms with E-state index in [1.54, 1.807) is 64.0 Å². The molecule has 0 N–H and O–H groups in total. The Labute approximate surface area is 754 Å². The Kier molecular flexibility index (Phi) is 77.7. The van der Waals surface area contributed by atoms with Crippen LogP contribution in [0.25, 0.3) is 0 Å². The molecule has 0 fully saturated rings. The molecule has 9 nitrogen and oxygen atoms in total. The molecule has 0 heterocycles. The zero-order valence-electron chi connectivity index (χ0n) is 74.2. The van der Waals surface area contributed by atoms with Crippen molar-refractivity contribution in [3.63, 3.8) is 0 Å². The van der Waals surface area contributed by atoms with Crippen LogP contribution in [0.1, 0.15) is 207 Å². The van der Waals surface area contributed by atoms with Crippen molar-refractivity contribution in [2.75, 3.05) is 64.0 Å². The molecule has 0 bridgehead atoms. The Bertz CT molecular complexity index is 4330. The Morgan fingerprint density at radius 3 is 0.846 bits per heavy atom. The monoisotopic (exact) mass is 1680 g/mol. The molecule has 678 valence electrons. The fourth-order valence-corrected chi connectivity index (χ4v) is 10.8. The van der Waals surface area contributed by atoms with E-state index in [0.29, 0.717) is 0 Å². The van der Waals surface area contributed by atoms with Crippen LogP contribution in [0, 0.1) is 41.5 Å². The predicted molar refractivity (Wildman–Crippen MR) is 547 cm³/mol. The zero-order chi connectivity index (χ0) is 85.8. The van der Waals surface area contributed by atoms with Gasteiger partial charge in [-0.3, -0.25) is 0 Å². The van der Waals surface area contributed by atoms with E-state index in [1.165, 1.54) is 77.9 Å². The van der Waals surface area contributed by atoms with Crippen LogP contribution in [-0.2, 0) is 30.1 Å². The summed E-state index contributed by atoms with van der Waals surface area (Å²) in [6.07, 6.45) is 6.57. The van der Waals surface area contributed by atoms with Gasteiger partial charge in [0.25, 0.3) is 0 Å². The summed E-state index contributed by atoms with van der Waals surface area (Å²) >= 11 is 0. The maximum Gasteiger partial charge on any atom is 0.122 e. The number of aryl methyl sites for hydroxylation is 6. The lowest BCUT2D eigenvalue weighted by Gasteiger charge is -2.28. The van der Waals surface area contributed by atoms with Gasteiger partial charge in [0.15, 0.2) is 0 Å². The summed E-state index contributed by atoms with van der Waals surface area (Å²) in [5.41, 5.74) is 17.9. The van der Waals surface area contributed by atoms with Crippen molar-refractivity contribution < 1.29 is 42.6 Å². The summed E-state index contributed by atoms with van der Waals surface area (Å²) in [4.78, 5) is 0. The number of ether oxygens (including phenoxy) is 9. The molecule has 0 unspecified atom stereocenters. The highest BCUT2D eigenvalue weighted by molar-refractivity contribution is 5.48. The maximum absolute atomic E-state index is 5.48. The molecule has 0 amide bonds. The molecule has 0 aliphatic heterocycles. The van der Waals surface area contributed by atoms with Crippen molar-refractivity contribution in [1.82, 2.24) is 0 Å². The van der Waals surface area contributed by atoms with Gasteiger partial charge in [-0.05, 0) is 219 Å². The molecule has 9 heteroatoms. The highest BCUT2D eigenvalue weighted by atomic mass is 16.5. The average molecular weight is 1680 g/mol. The minimum absolute atomic E-state index is 0. The third-order valence-corrected chi connectivity index (χ3v) is 17.8. The van der Waals surface area contributed by atoms with Gasteiger partial charge >= 0.3 is 0 Å². The van der Waals surface area contributed by atoms with Crippen molar-refractivity contribution in [3.8, 4) is 51.7 Å². The summed E-state index contributed by atoms with van der Waals surface area (Å²) in [5.74, 6) is 8.26. The summed E-state index contributed by atoms with van der Waals surface area (Å²) in [6, 6.07) is 100. The smallest absolute Gasteiger partial charge is 0.122 e. The second-order valence-corrected chi connectivity index (χ2v) is 26.6. The predicted octanol–water partition coefficient (Wildman–Crippen LogP) is 33.0. The van der Waals surface area contributed by atoms with Gasteiger partial charge in [-0.2, -0.15) is 0 Å². The summed E-state index contributed by atoms with van der Waals surface area (Å²) in [7, 11) is 15.1. The summed E-state index contributed by atoms with van der Waals surface area (Å²) < 4.78 is 45.6. The second kappa shape index (κ2) is 75.3. The van der Waals surface area contributed by atoms with E-state index in [1.807, 2.05) is 256 Å². The SMILES string of the molecule is C.C.C.C.C.C.C.C.C=CCc1cc(C(C)(C)c2ccc(OC)c(CC=C)c2)ccc1C.CC.CC.CC.COc1ccc(C(C)(C)c2ccc(C)cc2)cc1.COc1ccc(C)cc1.COc1ccc(Cc2ccc(C)cc2)cc1.COc1cccc(C)c1.COc1ccccc1.COc1ccccc1.COc1ccccc1.COc1ccccc1C. The van der Waals surface area contributed by atoms with Crippen LogP contribution < -0.4 is 42.6 Å². The van der Waals surface area contributed by atoms with Crippen molar-refractivity contribution in [2.24, 2.45) is 0 Å². The standard InChI is InChI=1S/C23H28O.C17H20O.C15H16O.3C8H10O.3C7H8O.3C2H6.8CH4/c1-7-9-18-15-20(12-11-17(18)3)23(4,5)21-13-14-22(24-6)19(16-21)10-8-2;1-13-5-7-14(8-6-13)17(2,3)15-9-11-16(18-4)12-10-15;1-12-3-5-13(6-4-12)11-14-7-9-15(16-2)10-8-14;1-7-3-5-8(9-2)6-4-7;1-7-4-3-5-8(6-7)9-2;1-7-5-3-4-6-8(7)9-2;3*1-8-7-5-3-2-4-6-7;3*1-2;;;;;;;;/h7-8,11-16H,1-2,9-10H2,3-6H3;5-12H,1-4H3;3-10H,11H2,1-2H3;3*3-6H,1-2H3;3*2-6H,1H3;3*1-2H3;8*1H4. The average Bonchev–Trinajstić information content (AvgIpc) is 0.788. The first-order valence-corrected chi connectivity index (χ1v) is 39.5. The van der Waals surface area contributed by atoms with Crippen molar-refractivity contribution in [2.45, 2.75) is 200 Å². The normalized spacial score (nSPS) is 8.98. The molecule has 0 aromatic heterocycles. The zero-order valence-corrected chi connectivity index (χ0v) is 74.2. The number of hydrogen-bond acceptors (Lipinski definition) is 9. The van der Waals surface area contributed by atoms with Crippen molar-refractivity contribution >= 4 is 0 Å². The quantitative estimate of drug-likeness (QED) is 0.0735. The lowest BCUT2D eigenvalue weighted by Crippen LogP contribution is -2.19. The third-order valence-electron chi connectivity index (χ3n) is 17.8. The first kappa shape index (κ1) is 127. The molecule has 123 heavy (non-hydrogen) atoms. The van der Waals surface area contributed by atoms with E-state index < -0.39 is 0 Å². The largest absolute Gasteiger partial charge is 0.497 e. The number of benzene rings is 12. The minimum Gasteiger partial charge on any atom is -0.497 e. The Balaban J connectivity index is -0.000000204. The van der Waals surface area contributed by atoms with Gasteiger partial charge in [0.1, 0.15) is 51.7 Å². The van der Waals surface area contributed by atoms with E-state index in [2.05, 4.69) is 178 Å². The maximum atomic E-state index is 5.48. The van der Waals surface area contributed by atoms with E-state index in [4.69, 9.17) is 42.6 Å². The van der Waals surface area contributed by atoms with Crippen LogP contribution in [-0.4, -0.2) is 64.0 Å². The summed E-state index contributed by atoms with van der Waals surface area (Å²) in [6.45, 7) is 41.3. The van der Waals surface area contributed by atoms with E-state index in [-0.39, 0.29) is 70.2 Å². The van der Waals surface area contributed by atoms with Gasteiger partial charge < -0.3 is 42.6 Å². The van der Waals surface area contributed by atoms with Crippen LogP contribution in [0.2, 0.25) is 0 Å². The van der Waals surface area contributed by atoms with Gasteiger partial charge in [-0.1, -0.05) is 358 Å². The van der Waals surface area contributed by atoms with E-state index in [9.17, 15) is 0 Å². The van der Waals surface area contributed by atoms with Crippen LogP contribution in [0.15, 0.2) is 323 Å². The van der Waals surface area contributed by atoms with Gasteiger partial charge in [0.05, 0.1) is 64.0 Å². The van der Waals surface area contributed by atoms with Crippen molar-refractivity contribution in [1.29, 1.82) is 0 Å². The number of rotatable bonds is 19. The molecule has 12 rings (SSSR count). The minimum atomic E-state index is -0.0776. The third kappa shape index (κ3) is 49.7. The molecule has 12 aromatic carbocycles. The van der Waals surface area contributed by atoms with Crippen LogP contribution in [0.5, 0.6) is 51.7 Å². The number of allylic oxidation sites excluding steroid dienone is 2. The van der Waals surface area contributed by atoms with E-state index >= 15 is 0 Å². The topological polar surface area (TPSA) is 83.1 Å². The number of methoxy groups -OCH3 is 9. The van der Waals surface area contributed by atoms with Crippen molar-refractivity contribution in [3.05, 3.63) is 400 Å². The lowest BCUT2D eigenvalue weighted by atomic mass is 9.76. The Morgan fingerprint density at radius 1 is 0.236 bits per heavy atom. The highest BCUT2D eigenvalue weighted by Crippen LogP contribution is 2.36. The molecular formula is C114H168O9.